The van der Waals surface area contributed by atoms with Crippen LogP contribution >= 0.6 is 11.3 Å². The molecule has 0 atom stereocenters. The van der Waals surface area contributed by atoms with Crippen molar-refractivity contribution in [1.82, 2.24) is 0 Å². The summed E-state index contributed by atoms with van der Waals surface area (Å²) in [5, 5.41) is 2.74. The van der Waals surface area contributed by atoms with Crippen LogP contribution in [0.15, 0.2) is 91.0 Å². The molecule has 0 saturated carbocycles. The van der Waals surface area contributed by atoms with E-state index < -0.39 is 0 Å². The zero-order chi connectivity index (χ0) is 38.8. The molecule has 0 fully saturated rings. The molecule has 10 rings (SSSR count). The largest absolute Gasteiger partial charge is 0.311 e. The van der Waals surface area contributed by atoms with Crippen LogP contribution in [-0.4, -0.2) is 6.71 Å². The summed E-state index contributed by atoms with van der Waals surface area (Å²) in [6.45, 7) is 29.1. The van der Waals surface area contributed by atoms with Gasteiger partial charge >= 0.3 is 0 Å². The van der Waals surface area contributed by atoms with Gasteiger partial charge in [-0.3, -0.25) is 0 Å². The van der Waals surface area contributed by atoms with Gasteiger partial charge in [-0.15, -0.1) is 11.3 Å². The summed E-state index contributed by atoms with van der Waals surface area (Å²) >= 11 is 1.96. The van der Waals surface area contributed by atoms with E-state index in [0.717, 1.165) is 12.8 Å². The molecule has 6 aromatic rings. The molecule has 0 spiro atoms. The van der Waals surface area contributed by atoms with Gasteiger partial charge in [0.2, 0.25) is 0 Å². The van der Waals surface area contributed by atoms with E-state index in [9.17, 15) is 0 Å². The van der Waals surface area contributed by atoms with Gasteiger partial charge in [0.15, 0.2) is 0 Å². The maximum Gasteiger partial charge on any atom is 0.254 e. The van der Waals surface area contributed by atoms with Crippen molar-refractivity contribution in [2.24, 2.45) is 0 Å². The van der Waals surface area contributed by atoms with E-state index in [1.165, 1.54) is 93.3 Å². The quantitative estimate of drug-likeness (QED) is 0.163. The fraction of sp³-hybridized carbons (Fsp3) is 0.373. The minimum Gasteiger partial charge on any atom is -0.311 e. The Balaban J connectivity index is 1.35. The number of hydrogen-bond acceptors (Lipinski definition) is 3. The standard InChI is InChI=1S/C51H55BN2S/c1-30-19-26-40-33(27-30)43-46(55-40)53(32-22-20-31(21-23-32)47(2,3)4)38-17-14-18-39-44(38)52(43)36-25-24-35-42(51(11,12)29-49(35,7)8)45(36)54(39)37-16-13-15-34-41(37)50(9,10)28-48(34,5)6/h13-27H,28-29H2,1-12H3. The second kappa shape index (κ2) is 11.0. The van der Waals surface area contributed by atoms with Crippen molar-refractivity contribution in [1.29, 1.82) is 0 Å². The van der Waals surface area contributed by atoms with E-state index in [0.29, 0.717) is 0 Å². The lowest BCUT2D eigenvalue weighted by Gasteiger charge is -2.45. The van der Waals surface area contributed by atoms with Gasteiger partial charge < -0.3 is 9.80 Å². The number of fused-ring (bicyclic) bond motifs is 9. The third-order valence-electron chi connectivity index (χ3n) is 13.8. The van der Waals surface area contributed by atoms with Crippen LogP contribution in [0.3, 0.4) is 0 Å². The second-order valence-corrected chi connectivity index (χ2v) is 22.0. The zero-order valence-corrected chi connectivity index (χ0v) is 35.8. The Labute approximate surface area is 333 Å². The van der Waals surface area contributed by atoms with Crippen molar-refractivity contribution in [2.75, 3.05) is 9.80 Å². The molecule has 0 bridgehead atoms. The van der Waals surface area contributed by atoms with Crippen LogP contribution in [0.4, 0.5) is 33.4 Å². The summed E-state index contributed by atoms with van der Waals surface area (Å²) in [6.07, 6.45) is 2.27. The van der Waals surface area contributed by atoms with Gasteiger partial charge in [-0.2, -0.15) is 0 Å². The SMILES string of the molecule is Cc1ccc2sc3c(c2c1)B1c2ccc4c(c2N(c2cccc5c2C(C)(C)CC5(C)C)c2cccc(c21)N3c1ccc(C(C)(C)C)cc1)C(C)(C)CC4(C)C. The van der Waals surface area contributed by atoms with Crippen LogP contribution in [-0.2, 0) is 27.1 Å². The van der Waals surface area contributed by atoms with Gasteiger partial charge in [0.1, 0.15) is 0 Å². The molecule has 2 aliphatic carbocycles. The minimum absolute atomic E-state index is 0.00984. The molecule has 55 heavy (non-hydrogen) atoms. The Morgan fingerprint density at radius 1 is 0.600 bits per heavy atom. The van der Waals surface area contributed by atoms with Gasteiger partial charge in [-0.1, -0.05) is 136 Å². The summed E-state index contributed by atoms with van der Waals surface area (Å²) < 4.78 is 1.36. The summed E-state index contributed by atoms with van der Waals surface area (Å²) in [5.74, 6) is 0. The lowest BCUT2D eigenvalue weighted by atomic mass is 9.33. The summed E-state index contributed by atoms with van der Waals surface area (Å²) in [4.78, 5) is 5.36. The first-order valence-electron chi connectivity index (χ1n) is 20.5. The number of benzene rings is 5. The van der Waals surface area contributed by atoms with Crippen LogP contribution in [0.5, 0.6) is 0 Å². The zero-order valence-electron chi connectivity index (χ0n) is 35.0. The van der Waals surface area contributed by atoms with Gasteiger partial charge in [0.05, 0.1) is 10.7 Å². The Morgan fingerprint density at radius 2 is 1.20 bits per heavy atom. The minimum atomic E-state index is 0.00984. The predicted octanol–water partition coefficient (Wildman–Crippen LogP) is 12.5. The molecule has 2 nitrogen and oxygen atoms in total. The molecule has 0 unspecified atom stereocenters. The molecule has 1 aromatic heterocycles. The van der Waals surface area contributed by atoms with Crippen molar-refractivity contribution >= 4 is 78.0 Å². The van der Waals surface area contributed by atoms with Crippen molar-refractivity contribution in [2.45, 2.75) is 123 Å². The highest BCUT2D eigenvalue weighted by Crippen LogP contribution is 2.59. The highest BCUT2D eigenvalue weighted by Gasteiger charge is 2.52. The van der Waals surface area contributed by atoms with Gasteiger partial charge in [-0.25, -0.2) is 0 Å². The van der Waals surface area contributed by atoms with E-state index in [-0.39, 0.29) is 33.8 Å². The highest BCUT2D eigenvalue weighted by molar-refractivity contribution is 7.26. The van der Waals surface area contributed by atoms with Crippen LogP contribution in [0.1, 0.15) is 122 Å². The third kappa shape index (κ3) is 4.79. The molecule has 278 valence electrons. The fourth-order valence-corrected chi connectivity index (χ4v) is 13.4. The monoisotopic (exact) mass is 738 g/mol. The molecular weight excluding hydrogens is 683 g/mol. The Bertz CT molecular complexity index is 2610. The number of thiophene rings is 1. The van der Waals surface area contributed by atoms with Gasteiger partial charge in [0.25, 0.3) is 6.71 Å². The Morgan fingerprint density at radius 3 is 1.87 bits per heavy atom. The fourth-order valence-electron chi connectivity index (χ4n) is 12.1. The topological polar surface area (TPSA) is 6.48 Å². The van der Waals surface area contributed by atoms with E-state index in [1.54, 1.807) is 0 Å². The maximum atomic E-state index is 2.76. The molecule has 0 radical (unpaired) electrons. The third-order valence-corrected chi connectivity index (χ3v) is 15.0. The second-order valence-electron chi connectivity index (χ2n) is 20.9. The molecule has 0 N–H and O–H groups in total. The normalized spacial score (nSPS) is 19.2. The molecule has 4 heteroatoms. The highest BCUT2D eigenvalue weighted by atomic mass is 32.1. The van der Waals surface area contributed by atoms with E-state index >= 15 is 0 Å². The number of nitrogens with zero attached hydrogens (tertiary/aromatic N) is 2. The lowest BCUT2D eigenvalue weighted by molar-refractivity contribution is 0.403. The smallest absolute Gasteiger partial charge is 0.254 e. The van der Waals surface area contributed by atoms with Gasteiger partial charge in [-0.05, 0) is 133 Å². The first kappa shape index (κ1) is 35.2. The molecule has 0 saturated heterocycles. The number of hydrogen-bond donors (Lipinski definition) is 0. The summed E-state index contributed by atoms with van der Waals surface area (Å²) in [6, 6.07) is 36.0. The van der Waals surface area contributed by atoms with E-state index in [2.05, 4.69) is 184 Å². The lowest BCUT2D eigenvalue weighted by Crippen LogP contribution is -2.61. The molecule has 3 heterocycles. The molecule has 5 aromatic carbocycles. The molecule has 2 aliphatic heterocycles. The van der Waals surface area contributed by atoms with Crippen molar-refractivity contribution < 1.29 is 0 Å². The molecular formula is C51H55BN2S. The molecule has 0 amide bonds. The van der Waals surface area contributed by atoms with Crippen LogP contribution < -0.4 is 26.2 Å². The van der Waals surface area contributed by atoms with E-state index in [4.69, 9.17) is 0 Å². The molecule has 4 aliphatic rings. The first-order valence-corrected chi connectivity index (χ1v) is 21.3. The number of aryl methyl sites for hydroxylation is 1. The van der Waals surface area contributed by atoms with Crippen LogP contribution in [0, 0.1) is 6.92 Å². The predicted molar refractivity (Wildman–Crippen MR) is 241 cm³/mol. The Kier molecular flexibility index (Phi) is 7.01. The van der Waals surface area contributed by atoms with Crippen LogP contribution in [0.25, 0.3) is 10.1 Å². The average Bonchev–Trinajstić information content (AvgIpc) is 3.64. The van der Waals surface area contributed by atoms with Crippen molar-refractivity contribution in [3.05, 3.63) is 124 Å². The first-order chi connectivity index (χ1) is 25.8. The maximum absolute atomic E-state index is 2.76. The number of anilines is 6. The summed E-state index contributed by atoms with van der Waals surface area (Å²) in [5.41, 5.74) is 20.0. The Hall–Kier alpha value is -4.28. The van der Waals surface area contributed by atoms with E-state index in [1.807, 2.05) is 11.3 Å². The average molecular weight is 739 g/mol. The van der Waals surface area contributed by atoms with Gasteiger partial charge in [0, 0.05) is 27.4 Å². The summed E-state index contributed by atoms with van der Waals surface area (Å²) in [7, 11) is 0. The number of rotatable bonds is 2. The van der Waals surface area contributed by atoms with Crippen molar-refractivity contribution in [3.63, 3.8) is 0 Å². The van der Waals surface area contributed by atoms with Crippen LogP contribution in [0.2, 0.25) is 0 Å². The van der Waals surface area contributed by atoms with Crippen molar-refractivity contribution in [3.8, 4) is 0 Å².